The highest BCUT2D eigenvalue weighted by molar-refractivity contribution is 5.93. The minimum absolute atomic E-state index is 0.326. The van der Waals surface area contributed by atoms with Crippen molar-refractivity contribution in [2.24, 2.45) is 5.41 Å². The van der Waals surface area contributed by atoms with Gasteiger partial charge in [-0.25, -0.2) is 28.7 Å². The van der Waals surface area contributed by atoms with Crippen LogP contribution in [0.25, 0.3) is 5.57 Å². The molecule has 51 heavy (non-hydrogen) atoms. The average molecular weight is 675 g/mol. The summed E-state index contributed by atoms with van der Waals surface area (Å²) in [4.78, 5) is 28.8. The zero-order valence-electron chi connectivity index (χ0n) is 27.9. The summed E-state index contributed by atoms with van der Waals surface area (Å²) in [5, 5.41) is 0. The Hall–Kier alpha value is -6.16. The van der Waals surface area contributed by atoms with Crippen LogP contribution in [0.15, 0.2) is 128 Å². The summed E-state index contributed by atoms with van der Waals surface area (Å²) >= 11 is 0. The molecule has 8 nitrogen and oxygen atoms in total. The van der Waals surface area contributed by atoms with E-state index >= 15 is 4.39 Å². The van der Waals surface area contributed by atoms with Gasteiger partial charge in [-0.1, -0.05) is 56.8 Å². The molecule has 0 spiro atoms. The lowest BCUT2D eigenvalue weighted by molar-refractivity contribution is 0.0786. The lowest BCUT2D eigenvalue weighted by Gasteiger charge is -2.63. The molecule has 0 radical (unpaired) electrons. The molecule has 250 valence electrons. The average Bonchev–Trinajstić information content (AvgIpc) is 3.69. The van der Waals surface area contributed by atoms with Crippen LogP contribution in [0.5, 0.6) is 0 Å². The van der Waals surface area contributed by atoms with Gasteiger partial charge < -0.3 is 19.6 Å². The molecule has 2 aromatic heterocycles. The molecular weight excluding hydrogens is 643 g/mol. The Kier molecular flexibility index (Phi) is 6.08. The van der Waals surface area contributed by atoms with E-state index in [0.717, 1.165) is 39.4 Å². The van der Waals surface area contributed by atoms with E-state index in [1.807, 2.05) is 36.4 Å². The van der Waals surface area contributed by atoms with E-state index in [1.165, 1.54) is 18.2 Å². The molecule has 0 amide bonds. The Morgan fingerprint density at radius 3 is 1.73 bits per heavy atom. The number of aromatic nitrogens is 4. The van der Waals surface area contributed by atoms with E-state index in [9.17, 15) is 4.39 Å². The zero-order chi connectivity index (χ0) is 34.6. The minimum Gasteiger partial charge on any atom is -0.301 e. The van der Waals surface area contributed by atoms with E-state index in [0.29, 0.717) is 29.7 Å². The molecule has 4 atom stereocenters. The zero-order valence-corrected chi connectivity index (χ0v) is 27.9. The lowest BCUT2D eigenvalue weighted by Crippen LogP contribution is -2.71. The van der Waals surface area contributed by atoms with E-state index in [-0.39, 0.29) is 11.6 Å². The Morgan fingerprint density at radius 2 is 1.10 bits per heavy atom. The Balaban J connectivity index is 1.37. The fourth-order valence-corrected chi connectivity index (χ4v) is 9.25. The van der Waals surface area contributed by atoms with Crippen molar-refractivity contribution in [3.05, 3.63) is 151 Å². The quantitative estimate of drug-likeness (QED) is 0.180. The van der Waals surface area contributed by atoms with Crippen molar-refractivity contribution in [3.63, 3.8) is 0 Å². The van der Waals surface area contributed by atoms with Crippen LogP contribution in [-0.2, 0) is 5.41 Å². The highest BCUT2D eigenvalue weighted by Gasteiger charge is 2.70. The van der Waals surface area contributed by atoms with Crippen molar-refractivity contribution >= 4 is 51.6 Å². The van der Waals surface area contributed by atoms with Crippen molar-refractivity contribution in [1.29, 1.82) is 0 Å². The summed E-state index contributed by atoms with van der Waals surface area (Å²) in [6.45, 7) is 9.23. The minimum atomic E-state index is -0.876. The van der Waals surface area contributed by atoms with Gasteiger partial charge in [0.2, 0.25) is 0 Å². The molecule has 4 unspecified atom stereocenters. The molecule has 0 aliphatic carbocycles. The van der Waals surface area contributed by atoms with Gasteiger partial charge in [0.1, 0.15) is 24.0 Å². The van der Waals surface area contributed by atoms with Crippen LogP contribution in [0, 0.1) is 17.0 Å². The summed E-state index contributed by atoms with van der Waals surface area (Å²) in [6.07, 6.45) is 6.33. The number of rotatable bonds is 2. The second-order valence-corrected chi connectivity index (χ2v) is 14.0. The summed E-state index contributed by atoms with van der Waals surface area (Å²) in [7, 11) is 0. The number of para-hydroxylation sites is 2. The highest BCUT2D eigenvalue weighted by Crippen LogP contribution is 2.69. The number of allylic oxidation sites excluding steroid dienone is 1. The topological polar surface area (TPSA) is 64.5 Å². The Morgan fingerprint density at radius 1 is 0.588 bits per heavy atom. The summed E-state index contributed by atoms with van der Waals surface area (Å²) < 4.78 is 30.3. The van der Waals surface area contributed by atoms with Crippen LogP contribution in [-0.4, -0.2) is 32.3 Å². The number of halogens is 2. The SMILES string of the molecule is C=C1CC2(C)c3cc(F)ccc3N3c4nccnc4N(c4ccc(F)cc4)C3C2(C)C2N(c3ccccc3)c3nccnc3N2c2ccccc21. The highest BCUT2D eigenvalue weighted by atomic mass is 19.1. The van der Waals surface area contributed by atoms with Crippen molar-refractivity contribution in [3.8, 4) is 0 Å². The third kappa shape index (κ3) is 3.81. The molecule has 0 saturated carbocycles. The molecule has 0 N–H and O–H groups in total. The first-order chi connectivity index (χ1) is 24.8. The summed E-state index contributed by atoms with van der Waals surface area (Å²) in [5.74, 6) is 2.01. The molecule has 4 aliphatic heterocycles. The van der Waals surface area contributed by atoms with Gasteiger partial charge in [0, 0.05) is 52.8 Å². The van der Waals surface area contributed by atoms with Crippen LogP contribution >= 0.6 is 0 Å². The second kappa shape index (κ2) is 10.4. The van der Waals surface area contributed by atoms with Gasteiger partial charge in [-0.3, -0.25) is 0 Å². The van der Waals surface area contributed by atoms with E-state index in [4.69, 9.17) is 26.5 Å². The smallest absolute Gasteiger partial charge is 0.178 e. The summed E-state index contributed by atoms with van der Waals surface area (Å²) in [6, 6.07) is 30.1. The maximum atomic E-state index is 15.8. The van der Waals surface area contributed by atoms with Crippen molar-refractivity contribution in [1.82, 2.24) is 19.9 Å². The molecule has 0 saturated heterocycles. The Bertz CT molecular complexity index is 2390. The van der Waals surface area contributed by atoms with Crippen LogP contribution in [0.4, 0.5) is 54.8 Å². The number of hydrogen-bond donors (Lipinski definition) is 0. The van der Waals surface area contributed by atoms with Gasteiger partial charge in [0.15, 0.2) is 23.3 Å². The lowest BCUT2D eigenvalue weighted by atomic mass is 9.52. The van der Waals surface area contributed by atoms with Crippen LogP contribution < -0.4 is 19.6 Å². The number of fused-ring (bicyclic) bond motifs is 14. The molecule has 10 rings (SSSR count). The predicted molar refractivity (Wildman–Crippen MR) is 195 cm³/mol. The van der Waals surface area contributed by atoms with Gasteiger partial charge in [-0.2, -0.15) is 0 Å². The molecule has 4 aromatic carbocycles. The second-order valence-electron chi connectivity index (χ2n) is 14.0. The van der Waals surface area contributed by atoms with Gasteiger partial charge in [0.25, 0.3) is 0 Å². The van der Waals surface area contributed by atoms with Crippen LogP contribution in [0.3, 0.4) is 0 Å². The van der Waals surface area contributed by atoms with E-state index < -0.39 is 23.2 Å². The fourth-order valence-electron chi connectivity index (χ4n) is 9.25. The number of nitrogens with zero attached hydrogens (tertiary/aromatic N) is 8. The first-order valence-electron chi connectivity index (χ1n) is 17.0. The van der Waals surface area contributed by atoms with Crippen molar-refractivity contribution in [2.75, 3.05) is 19.6 Å². The van der Waals surface area contributed by atoms with Gasteiger partial charge in [-0.15, -0.1) is 0 Å². The molecule has 0 bridgehead atoms. The third-order valence-corrected chi connectivity index (χ3v) is 11.5. The number of anilines is 8. The van der Waals surface area contributed by atoms with E-state index in [2.05, 4.69) is 57.7 Å². The Labute approximate surface area is 294 Å². The number of benzene rings is 4. The first kappa shape index (κ1) is 29.7. The van der Waals surface area contributed by atoms with Crippen LogP contribution in [0.2, 0.25) is 0 Å². The van der Waals surface area contributed by atoms with Crippen molar-refractivity contribution < 1.29 is 8.78 Å². The molecular formula is C41H32F2N8. The monoisotopic (exact) mass is 674 g/mol. The number of hydrogen-bond acceptors (Lipinski definition) is 8. The standard InChI is InChI=1S/C41H32F2N8/c1-25-24-40(2)31-23-27(43)15-18-33(31)51-37-35(45-20-22-47-37)49(29-16-13-26(42)14-17-29)39(51)41(40,3)38-48(28-9-5-4-6-10-28)34-36(46-21-19-44-34)50(38)32-12-8-7-11-30(25)32/h4-23,38-39H,1,24H2,2-3H3. The van der Waals surface area contributed by atoms with Gasteiger partial charge >= 0.3 is 0 Å². The molecule has 6 heterocycles. The summed E-state index contributed by atoms with van der Waals surface area (Å²) in [5.41, 5.74) is 4.56. The maximum absolute atomic E-state index is 15.8. The van der Waals surface area contributed by atoms with Crippen LogP contribution in [0.1, 0.15) is 31.4 Å². The first-order valence-corrected chi connectivity index (χ1v) is 17.0. The van der Waals surface area contributed by atoms with Gasteiger partial charge in [-0.05, 0) is 78.2 Å². The predicted octanol–water partition coefficient (Wildman–Crippen LogP) is 9.17. The van der Waals surface area contributed by atoms with Gasteiger partial charge in [0.05, 0.1) is 11.1 Å². The normalized spacial score (nSPS) is 24.0. The fraction of sp³-hybridized carbons (Fsp3) is 0.171. The largest absolute Gasteiger partial charge is 0.301 e. The maximum Gasteiger partial charge on any atom is 0.178 e. The molecule has 6 aromatic rings. The molecule has 4 aliphatic rings. The third-order valence-electron chi connectivity index (χ3n) is 11.5. The molecule has 10 heteroatoms. The molecule has 0 fully saturated rings. The van der Waals surface area contributed by atoms with E-state index in [1.54, 1.807) is 43.0 Å². The van der Waals surface area contributed by atoms with Crippen molar-refractivity contribution in [2.45, 2.75) is 38.0 Å².